The smallest absolute Gasteiger partial charge is 0.147 e. The van der Waals surface area contributed by atoms with E-state index in [-0.39, 0.29) is 18.8 Å². The number of aromatic nitrogens is 3. The van der Waals surface area contributed by atoms with Crippen LogP contribution in [-0.4, -0.2) is 28.9 Å². The Bertz CT molecular complexity index is 748. The van der Waals surface area contributed by atoms with Gasteiger partial charge in [-0.2, -0.15) is 0 Å². The van der Waals surface area contributed by atoms with Gasteiger partial charge < -0.3 is 9.47 Å². The molecule has 0 fully saturated rings. The molecule has 0 aliphatic rings. The first kappa shape index (κ1) is 17.8. The zero-order valence-corrected chi connectivity index (χ0v) is 15.5. The maximum atomic E-state index is 6.08. The van der Waals surface area contributed by atoms with E-state index in [4.69, 9.17) is 9.47 Å². The summed E-state index contributed by atoms with van der Waals surface area (Å²) in [6.07, 6.45) is 3.39. The van der Waals surface area contributed by atoms with Crippen LogP contribution < -0.4 is 0 Å². The Morgan fingerprint density at radius 3 is 2.44 bits per heavy atom. The molecule has 1 heterocycles. The zero-order valence-electron chi connectivity index (χ0n) is 14.0. The fourth-order valence-corrected chi connectivity index (χ4v) is 3.11. The van der Waals surface area contributed by atoms with Gasteiger partial charge in [0.1, 0.15) is 6.79 Å². The highest BCUT2D eigenvalue weighted by Crippen LogP contribution is 2.36. The van der Waals surface area contributed by atoms with Crippen molar-refractivity contribution in [1.29, 1.82) is 0 Å². The fraction of sp³-hybridized carbons (Fsp3) is 0.263. The lowest BCUT2D eigenvalue weighted by atomic mass is 9.89. The minimum atomic E-state index is -0.161. The molecule has 0 radical (unpaired) electrons. The van der Waals surface area contributed by atoms with E-state index in [1.54, 1.807) is 13.3 Å². The van der Waals surface area contributed by atoms with Gasteiger partial charge in [0.25, 0.3) is 0 Å². The molecule has 0 aliphatic heterocycles. The Balaban J connectivity index is 1.97. The van der Waals surface area contributed by atoms with Crippen molar-refractivity contribution in [3.05, 3.63) is 82.6 Å². The molecule has 0 spiro atoms. The van der Waals surface area contributed by atoms with Crippen LogP contribution in [0.1, 0.15) is 23.1 Å². The topological polar surface area (TPSA) is 49.2 Å². The molecule has 3 aromatic rings. The summed E-state index contributed by atoms with van der Waals surface area (Å²) in [6.45, 7) is 0.884. The summed E-state index contributed by atoms with van der Waals surface area (Å²) in [5.41, 5.74) is 2.27. The number of benzene rings is 2. The molecule has 130 valence electrons. The largest absolute Gasteiger partial charge is 0.359 e. The Kier molecular flexibility index (Phi) is 6.33. The third kappa shape index (κ3) is 4.75. The molecule has 0 aliphatic carbocycles. The van der Waals surface area contributed by atoms with Gasteiger partial charge in [0.15, 0.2) is 0 Å². The van der Waals surface area contributed by atoms with Crippen molar-refractivity contribution < 1.29 is 9.47 Å². The first-order valence-electron chi connectivity index (χ1n) is 8.03. The van der Waals surface area contributed by atoms with Crippen LogP contribution in [0.25, 0.3) is 0 Å². The lowest BCUT2D eigenvalue weighted by Gasteiger charge is -2.28. The minimum absolute atomic E-state index is 0.0624. The molecule has 2 atom stereocenters. The van der Waals surface area contributed by atoms with E-state index >= 15 is 0 Å². The second kappa shape index (κ2) is 8.89. The molecular weight excluding hydrogens is 382 g/mol. The number of rotatable bonds is 8. The molecule has 5 nitrogen and oxygen atoms in total. The summed E-state index contributed by atoms with van der Waals surface area (Å²) in [5.74, 6) is 0.0624. The normalized spacial score (nSPS) is 13.5. The van der Waals surface area contributed by atoms with Gasteiger partial charge in [-0.25, -0.2) is 0 Å². The molecular formula is C19H20BrN3O2. The van der Waals surface area contributed by atoms with Gasteiger partial charge in [0.2, 0.25) is 0 Å². The van der Waals surface area contributed by atoms with E-state index in [1.807, 2.05) is 41.2 Å². The van der Waals surface area contributed by atoms with Crippen LogP contribution in [0.15, 0.2) is 71.5 Å². The van der Waals surface area contributed by atoms with Crippen molar-refractivity contribution >= 4 is 15.9 Å². The summed E-state index contributed by atoms with van der Waals surface area (Å²) < 4.78 is 14.1. The third-order valence-corrected chi connectivity index (χ3v) is 4.54. The quantitative estimate of drug-likeness (QED) is 0.531. The van der Waals surface area contributed by atoms with Crippen molar-refractivity contribution in [2.45, 2.75) is 18.6 Å². The first-order chi connectivity index (χ1) is 12.3. The summed E-state index contributed by atoms with van der Waals surface area (Å²) in [7, 11) is 1.63. The molecule has 0 saturated carbocycles. The minimum Gasteiger partial charge on any atom is -0.359 e. The van der Waals surface area contributed by atoms with Crippen LogP contribution in [0, 0.1) is 0 Å². The van der Waals surface area contributed by atoms with Gasteiger partial charge >= 0.3 is 0 Å². The predicted molar refractivity (Wildman–Crippen MR) is 99.0 cm³/mol. The summed E-state index contributed by atoms with van der Waals surface area (Å²) in [4.78, 5) is 0. The Hall–Kier alpha value is -2.02. The van der Waals surface area contributed by atoms with Gasteiger partial charge in [0, 0.05) is 23.7 Å². The molecule has 0 unspecified atom stereocenters. The third-order valence-electron chi connectivity index (χ3n) is 4.01. The van der Waals surface area contributed by atoms with E-state index in [0.29, 0.717) is 6.54 Å². The molecule has 6 heteroatoms. The number of halogens is 1. The van der Waals surface area contributed by atoms with E-state index in [9.17, 15) is 0 Å². The lowest BCUT2D eigenvalue weighted by molar-refractivity contribution is -0.0844. The number of hydrogen-bond donors (Lipinski definition) is 0. The highest BCUT2D eigenvalue weighted by atomic mass is 79.9. The van der Waals surface area contributed by atoms with Crippen molar-refractivity contribution in [1.82, 2.24) is 15.0 Å². The molecule has 1 aromatic heterocycles. The number of methoxy groups -OCH3 is 1. The number of ether oxygens (including phenoxy) is 2. The molecule has 3 rings (SSSR count). The first-order valence-corrected chi connectivity index (χ1v) is 8.82. The van der Waals surface area contributed by atoms with Crippen molar-refractivity contribution in [2.75, 3.05) is 13.9 Å². The Morgan fingerprint density at radius 1 is 1.04 bits per heavy atom. The van der Waals surface area contributed by atoms with Crippen LogP contribution in [0.2, 0.25) is 0 Å². The average Bonchev–Trinajstić information content (AvgIpc) is 3.16. The summed E-state index contributed by atoms with van der Waals surface area (Å²) in [6, 6.07) is 18.5. The van der Waals surface area contributed by atoms with Crippen LogP contribution >= 0.6 is 15.9 Å². The number of nitrogens with zero attached hydrogens (tertiary/aromatic N) is 3. The highest BCUT2D eigenvalue weighted by molar-refractivity contribution is 9.10. The van der Waals surface area contributed by atoms with E-state index in [1.165, 1.54) is 5.56 Å². The van der Waals surface area contributed by atoms with Gasteiger partial charge in [-0.3, -0.25) is 4.68 Å². The van der Waals surface area contributed by atoms with Crippen LogP contribution in [0.5, 0.6) is 0 Å². The van der Waals surface area contributed by atoms with Crippen molar-refractivity contribution in [3.63, 3.8) is 0 Å². The molecule has 2 aromatic carbocycles. The zero-order chi connectivity index (χ0) is 17.5. The molecule has 0 N–H and O–H groups in total. The second-order valence-electron chi connectivity index (χ2n) is 5.69. The van der Waals surface area contributed by atoms with Crippen LogP contribution in [0.4, 0.5) is 0 Å². The Labute approximate surface area is 155 Å². The maximum absolute atomic E-state index is 6.08. The molecule has 25 heavy (non-hydrogen) atoms. The van der Waals surface area contributed by atoms with Gasteiger partial charge in [-0.1, -0.05) is 63.6 Å². The van der Waals surface area contributed by atoms with E-state index in [2.05, 4.69) is 50.5 Å². The maximum Gasteiger partial charge on any atom is 0.147 e. The number of hydrogen-bond acceptors (Lipinski definition) is 4. The lowest BCUT2D eigenvalue weighted by Crippen LogP contribution is -2.21. The molecule has 0 bridgehead atoms. The van der Waals surface area contributed by atoms with Crippen molar-refractivity contribution in [2.24, 2.45) is 0 Å². The van der Waals surface area contributed by atoms with Crippen LogP contribution in [0.3, 0.4) is 0 Å². The molecule has 0 amide bonds. The molecule has 0 saturated heterocycles. The van der Waals surface area contributed by atoms with Gasteiger partial charge in [0.05, 0.1) is 18.8 Å². The average molecular weight is 402 g/mol. The van der Waals surface area contributed by atoms with Crippen LogP contribution in [-0.2, 0) is 16.0 Å². The van der Waals surface area contributed by atoms with E-state index < -0.39 is 0 Å². The monoisotopic (exact) mass is 401 g/mol. The Morgan fingerprint density at radius 2 is 1.80 bits per heavy atom. The SMILES string of the molecule is COCO[C@@H](c1ccccc1)[C@H](Cn1ccnn1)c1ccc(Br)cc1. The fourth-order valence-electron chi connectivity index (χ4n) is 2.85. The van der Waals surface area contributed by atoms with E-state index in [0.717, 1.165) is 10.0 Å². The summed E-state index contributed by atoms with van der Waals surface area (Å²) in [5, 5.41) is 8.04. The van der Waals surface area contributed by atoms with Gasteiger partial charge in [-0.05, 0) is 23.3 Å². The van der Waals surface area contributed by atoms with Gasteiger partial charge in [-0.15, -0.1) is 5.10 Å². The predicted octanol–water partition coefficient (Wildman–Crippen LogP) is 4.19. The highest BCUT2D eigenvalue weighted by Gasteiger charge is 2.26. The standard InChI is InChI=1S/C19H20BrN3O2/c1-24-14-25-19(16-5-3-2-4-6-16)18(13-23-12-11-21-22-23)15-7-9-17(20)10-8-15/h2-12,18-19H,13-14H2,1H3/t18-,19+/m1/s1. The second-order valence-corrected chi connectivity index (χ2v) is 6.60. The van der Waals surface area contributed by atoms with Crippen molar-refractivity contribution in [3.8, 4) is 0 Å². The summed E-state index contributed by atoms with van der Waals surface area (Å²) >= 11 is 3.50.